The van der Waals surface area contributed by atoms with Crippen molar-refractivity contribution in [3.8, 4) is 0 Å². The Balaban J connectivity index is 3.34. The summed E-state index contributed by atoms with van der Waals surface area (Å²) >= 11 is 0. The maximum Gasteiger partial charge on any atom is 0.306 e. The minimum Gasteiger partial charge on any atom is -0.462 e. The molecule has 0 bridgehead atoms. The highest BCUT2D eigenvalue weighted by atomic mass is 16.6. The average molecular weight is 590 g/mol. The number of unbranched alkanes of at least 4 members (excludes halogenated alkanes) is 22. The van der Waals surface area contributed by atoms with Crippen LogP contribution in [0.15, 0.2) is 24.3 Å². The first-order valence-electron chi connectivity index (χ1n) is 18.2. The molecule has 0 unspecified atom stereocenters. The Hall–Kier alpha value is -1.58. The van der Waals surface area contributed by atoms with E-state index in [0.717, 1.165) is 32.1 Å². The van der Waals surface area contributed by atoms with Crippen LogP contribution in [-0.2, 0) is 19.1 Å². The molecule has 0 fully saturated rings. The summed E-state index contributed by atoms with van der Waals surface area (Å²) in [6, 6.07) is 0. The van der Waals surface area contributed by atoms with Crippen molar-refractivity contribution in [2.24, 2.45) is 0 Å². The second kappa shape index (κ2) is 35.6. The van der Waals surface area contributed by atoms with E-state index in [4.69, 9.17) is 9.47 Å². The Morgan fingerprint density at radius 2 is 0.762 bits per heavy atom. The van der Waals surface area contributed by atoms with Crippen LogP contribution in [0.1, 0.15) is 194 Å². The van der Waals surface area contributed by atoms with E-state index in [-0.39, 0.29) is 18.5 Å². The maximum absolute atomic E-state index is 11.9. The predicted octanol–water partition coefficient (Wildman–Crippen LogP) is 12.3. The average Bonchev–Trinajstić information content (AvgIpc) is 2.99. The van der Waals surface area contributed by atoms with E-state index in [1.807, 2.05) is 0 Å². The van der Waals surface area contributed by atoms with Gasteiger partial charge in [0.1, 0.15) is 6.61 Å². The summed E-state index contributed by atoms with van der Waals surface area (Å²) in [5, 5.41) is 0. The number of hydrogen-bond donors (Lipinski definition) is 0. The Morgan fingerprint density at radius 1 is 0.429 bits per heavy atom. The van der Waals surface area contributed by atoms with Crippen LogP contribution in [0.4, 0.5) is 0 Å². The molecule has 4 nitrogen and oxygen atoms in total. The van der Waals surface area contributed by atoms with Gasteiger partial charge in [0.15, 0.2) is 6.61 Å². The first-order valence-corrected chi connectivity index (χ1v) is 18.2. The highest BCUT2D eigenvalue weighted by Crippen LogP contribution is 2.12. The van der Waals surface area contributed by atoms with Crippen molar-refractivity contribution in [3.05, 3.63) is 30.9 Å². The molecular weight excluding hydrogens is 520 g/mol. The van der Waals surface area contributed by atoms with E-state index in [0.29, 0.717) is 12.8 Å². The molecule has 0 N–H and O–H groups in total. The van der Waals surface area contributed by atoms with E-state index in [2.05, 4.69) is 38.2 Å². The van der Waals surface area contributed by atoms with Crippen LogP contribution >= 0.6 is 0 Å². The Morgan fingerprint density at radius 3 is 1.17 bits per heavy atom. The van der Waals surface area contributed by atoms with Crippen molar-refractivity contribution in [2.75, 3.05) is 6.61 Å². The van der Waals surface area contributed by atoms with Gasteiger partial charge < -0.3 is 9.47 Å². The van der Waals surface area contributed by atoms with Gasteiger partial charge in [-0.1, -0.05) is 141 Å². The smallest absolute Gasteiger partial charge is 0.306 e. The zero-order valence-electron chi connectivity index (χ0n) is 28.0. The fourth-order valence-corrected chi connectivity index (χ4v) is 5.07. The molecule has 245 valence electrons. The largest absolute Gasteiger partial charge is 0.462 e. The highest BCUT2D eigenvalue weighted by Gasteiger charge is 2.06. The summed E-state index contributed by atoms with van der Waals surface area (Å²) in [5.41, 5.74) is 0. The molecule has 0 heterocycles. The van der Waals surface area contributed by atoms with E-state index in [1.165, 1.54) is 141 Å². The summed E-state index contributed by atoms with van der Waals surface area (Å²) in [7, 11) is 0. The summed E-state index contributed by atoms with van der Waals surface area (Å²) in [6.45, 7) is 5.89. The third-order valence-electron chi connectivity index (χ3n) is 7.81. The number of hydrogen-bond acceptors (Lipinski definition) is 4. The first-order chi connectivity index (χ1) is 20.7. The normalized spacial score (nSPS) is 11.6. The molecule has 0 spiro atoms. The summed E-state index contributed by atoms with van der Waals surface area (Å²) in [6.07, 6.45) is 42.5. The number of esters is 2. The van der Waals surface area contributed by atoms with Gasteiger partial charge in [-0.15, -0.1) is 0 Å². The van der Waals surface area contributed by atoms with Crippen LogP contribution in [0.5, 0.6) is 0 Å². The molecule has 42 heavy (non-hydrogen) atoms. The zero-order chi connectivity index (χ0) is 30.6. The lowest BCUT2D eigenvalue weighted by Gasteiger charge is -2.06. The molecule has 0 saturated carbocycles. The van der Waals surface area contributed by atoms with E-state index >= 15 is 0 Å². The Bertz CT molecular complexity index is 571. The second-order valence-corrected chi connectivity index (χ2v) is 12.0. The highest BCUT2D eigenvalue weighted by molar-refractivity contribution is 5.70. The first kappa shape index (κ1) is 40.4. The predicted molar refractivity (Wildman–Crippen MR) is 180 cm³/mol. The summed E-state index contributed by atoms with van der Waals surface area (Å²) in [4.78, 5) is 23.7. The minimum atomic E-state index is -0.235. The number of carbonyl (C=O) groups is 2. The number of rotatable bonds is 33. The van der Waals surface area contributed by atoms with Gasteiger partial charge in [0.25, 0.3) is 0 Å². The molecule has 0 saturated heterocycles. The van der Waals surface area contributed by atoms with E-state index in [1.54, 1.807) is 0 Å². The lowest BCUT2D eigenvalue weighted by molar-refractivity contribution is -0.148. The van der Waals surface area contributed by atoms with Gasteiger partial charge in [0, 0.05) is 12.8 Å². The lowest BCUT2D eigenvalue weighted by atomic mass is 10.1. The van der Waals surface area contributed by atoms with Crippen LogP contribution < -0.4 is 0 Å². The number of ether oxygens (including phenoxy) is 2. The maximum atomic E-state index is 11.9. The molecule has 0 aromatic carbocycles. The van der Waals surface area contributed by atoms with Gasteiger partial charge in [-0.25, -0.2) is 0 Å². The second-order valence-electron chi connectivity index (χ2n) is 12.0. The number of carbonyl (C=O) groups excluding carboxylic acids is 2. The van der Waals surface area contributed by atoms with Gasteiger partial charge in [0.2, 0.25) is 0 Å². The molecule has 0 aliphatic rings. The van der Waals surface area contributed by atoms with Crippen molar-refractivity contribution in [2.45, 2.75) is 194 Å². The van der Waals surface area contributed by atoms with E-state index < -0.39 is 0 Å². The van der Waals surface area contributed by atoms with Crippen molar-refractivity contribution < 1.29 is 19.1 Å². The third-order valence-corrected chi connectivity index (χ3v) is 7.81. The van der Waals surface area contributed by atoms with E-state index in [9.17, 15) is 9.59 Å². The molecule has 0 rings (SSSR count). The monoisotopic (exact) mass is 590 g/mol. The molecule has 4 heteroatoms. The zero-order valence-corrected chi connectivity index (χ0v) is 28.0. The van der Waals surface area contributed by atoms with Crippen LogP contribution in [0, 0.1) is 6.61 Å². The summed E-state index contributed by atoms with van der Waals surface area (Å²) < 4.78 is 10.2. The van der Waals surface area contributed by atoms with Crippen molar-refractivity contribution in [1.82, 2.24) is 0 Å². The molecule has 0 aromatic rings. The van der Waals surface area contributed by atoms with Crippen molar-refractivity contribution >= 4 is 11.9 Å². The van der Waals surface area contributed by atoms with Crippen LogP contribution in [0.25, 0.3) is 0 Å². The molecule has 0 aliphatic heterocycles. The van der Waals surface area contributed by atoms with Gasteiger partial charge in [0.05, 0.1) is 0 Å². The van der Waals surface area contributed by atoms with Gasteiger partial charge >= 0.3 is 11.9 Å². The SMILES string of the molecule is CCCCCCCC/C=C\CCCCCCCC(=O)O[CH]COC(=O)CCCCCCC/C=C\CCCCCCCC. The minimum absolute atomic E-state index is 0.0437. The standard InChI is InChI=1S/C38H69O4/c1-3-5-7-9-11-13-15-17-19-21-23-25-27-29-31-33-37(39)41-35-36-42-38(40)34-32-30-28-26-24-22-20-18-16-14-12-10-8-6-4-2/h17-20,35H,3-16,21-34,36H2,1-2H3/b19-17-,20-18-. The Kier molecular flexibility index (Phi) is 34.3. The van der Waals surface area contributed by atoms with Gasteiger partial charge in [-0.3, -0.25) is 9.59 Å². The Labute approximate surface area is 261 Å². The van der Waals surface area contributed by atoms with Crippen LogP contribution in [0.3, 0.4) is 0 Å². The fraction of sp³-hybridized carbons (Fsp3) is 0.816. The number of allylic oxidation sites excluding steroid dienone is 4. The molecule has 1 radical (unpaired) electrons. The van der Waals surface area contributed by atoms with Crippen molar-refractivity contribution in [3.63, 3.8) is 0 Å². The van der Waals surface area contributed by atoms with Gasteiger partial charge in [-0.05, 0) is 64.2 Å². The topological polar surface area (TPSA) is 52.6 Å². The molecular formula is C38H69O4. The van der Waals surface area contributed by atoms with Gasteiger partial charge in [-0.2, -0.15) is 0 Å². The fourth-order valence-electron chi connectivity index (χ4n) is 5.07. The molecule has 0 aliphatic carbocycles. The molecule has 0 aromatic heterocycles. The molecule has 0 atom stereocenters. The molecule has 0 amide bonds. The third kappa shape index (κ3) is 34.6. The lowest BCUT2D eigenvalue weighted by Crippen LogP contribution is -2.10. The quantitative estimate of drug-likeness (QED) is 0.0434. The van der Waals surface area contributed by atoms with Crippen LogP contribution in [-0.4, -0.2) is 18.5 Å². The summed E-state index contributed by atoms with van der Waals surface area (Å²) in [5.74, 6) is -0.446. The van der Waals surface area contributed by atoms with Crippen LogP contribution in [0.2, 0.25) is 0 Å². The van der Waals surface area contributed by atoms with Crippen molar-refractivity contribution in [1.29, 1.82) is 0 Å².